The molecule has 0 saturated carbocycles. The zero-order chi connectivity index (χ0) is 27.6. The zero-order valence-electron chi connectivity index (χ0n) is 19.1. The number of benzene rings is 2. The van der Waals surface area contributed by atoms with Gasteiger partial charge < -0.3 is 14.8 Å². The SMILES string of the molecule is COC(=O)C(=Cc1ccc(Cl)c(Cl)c1)NC(=O)c1cc(Cl)c(Cl)cc1NS(=O)(=O)C1=CC=CN2SNC=C12. The summed E-state index contributed by atoms with van der Waals surface area (Å²) in [5.74, 6) is -1.74. The number of ether oxygens (including phenoxy) is 1. The van der Waals surface area contributed by atoms with Crippen molar-refractivity contribution in [2.24, 2.45) is 0 Å². The van der Waals surface area contributed by atoms with Gasteiger partial charge in [-0.1, -0.05) is 52.5 Å². The molecule has 0 aromatic heterocycles. The molecule has 2 heterocycles. The molecule has 4 rings (SSSR count). The van der Waals surface area contributed by atoms with Crippen LogP contribution in [-0.4, -0.2) is 31.7 Å². The van der Waals surface area contributed by atoms with E-state index in [4.69, 9.17) is 51.1 Å². The number of allylic oxidation sites excluding steroid dienone is 2. The number of rotatable bonds is 7. The van der Waals surface area contributed by atoms with Gasteiger partial charge in [-0.25, -0.2) is 13.2 Å². The number of hydrogen-bond acceptors (Lipinski definition) is 8. The highest BCUT2D eigenvalue weighted by molar-refractivity contribution is 7.97. The molecule has 0 aliphatic carbocycles. The zero-order valence-corrected chi connectivity index (χ0v) is 23.7. The third kappa shape index (κ3) is 6.09. The van der Waals surface area contributed by atoms with E-state index in [9.17, 15) is 18.0 Å². The van der Waals surface area contributed by atoms with Gasteiger partial charge in [-0.15, -0.1) is 0 Å². The number of fused-ring (bicyclic) bond motifs is 1. The summed E-state index contributed by atoms with van der Waals surface area (Å²) < 4.78 is 38.3. The van der Waals surface area contributed by atoms with Crippen LogP contribution in [0, 0.1) is 0 Å². The maximum absolute atomic E-state index is 13.3. The van der Waals surface area contributed by atoms with E-state index in [0.29, 0.717) is 16.3 Å². The molecule has 2 aliphatic heterocycles. The monoisotopic (exact) mass is 632 g/mol. The second kappa shape index (κ2) is 11.5. The summed E-state index contributed by atoms with van der Waals surface area (Å²) in [7, 11) is -3.07. The van der Waals surface area contributed by atoms with Crippen LogP contribution in [0.3, 0.4) is 0 Å². The fourth-order valence-electron chi connectivity index (χ4n) is 3.30. The fourth-order valence-corrected chi connectivity index (χ4v) is 5.91. The number of nitrogens with one attached hydrogen (secondary N) is 3. The molecule has 0 atom stereocenters. The van der Waals surface area contributed by atoms with Crippen molar-refractivity contribution in [3.8, 4) is 0 Å². The molecular formula is C23H16Cl4N4O5S2. The molecule has 1 amide bonds. The van der Waals surface area contributed by atoms with Crippen LogP contribution in [0.4, 0.5) is 5.69 Å². The fraction of sp³-hybridized carbons (Fsp3) is 0.0435. The van der Waals surface area contributed by atoms with Gasteiger partial charge in [-0.05, 0) is 48.1 Å². The molecule has 0 unspecified atom stereocenters. The van der Waals surface area contributed by atoms with Crippen LogP contribution in [0.25, 0.3) is 6.08 Å². The van der Waals surface area contributed by atoms with Gasteiger partial charge in [0, 0.05) is 12.4 Å². The van der Waals surface area contributed by atoms with Crippen LogP contribution in [0.15, 0.2) is 71.2 Å². The van der Waals surface area contributed by atoms with E-state index in [2.05, 4.69) is 14.8 Å². The lowest BCUT2D eigenvalue weighted by molar-refractivity contribution is -0.136. The highest BCUT2D eigenvalue weighted by atomic mass is 35.5. The van der Waals surface area contributed by atoms with E-state index in [0.717, 1.165) is 7.11 Å². The molecule has 9 nitrogen and oxygen atoms in total. The Kier molecular flexibility index (Phi) is 8.55. The smallest absolute Gasteiger partial charge is 0.354 e. The van der Waals surface area contributed by atoms with Gasteiger partial charge in [0.05, 0.1) is 56.3 Å². The van der Waals surface area contributed by atoms with E-state index < -0.39 is 21.9 Å². The highest BCUT2D eigenvalue weighted by Gasteiger charge is 2.31. The Labute approximate surface area is 242 Å². The molecule has 2 aromatic rings. The second-order valence-corrected chi connectivity index (χ2v) is 11.6. The molecule has 0 fully saturated rings. The van der Waals surface area contributed by atoms with Crippen molar-refractivity contribution in [1.82, 2.24) is 14.3 Å². The number of esters is 1. The van der Waals surface area contributed by atoms with Crippen LogP contribution in [0.1, 0.15) is 15.9 Å². The number of amides is 1. The van der Waals surface area contributed by atoms with Crippen molar-refractivity contribution >= 4 is 92.2 Å². The van der Waals surface area contributed by atoms with Crippen LogP contribution in [0.2, 0.25) is 20.1 Å². The van der Waals surface area contributed by atoms with Crippen LogP contribution < -0.4 is 14.8 Å². The normalized spacial score (nSPS) is 14.8. The molecule has 0 bridgehead atoms. The average molecular weight is 634 g/mol. The minimum Gasteiger partial charge on any atom is -0.464 e. The van der Waals surface area contributed by atoms with Gasteiger partial charge in [0.25, 0.3) is 15.9 Å². The quantitative estimate of drug-likeness (QED) is 0.202. The van der Waals surface area contributed by atoms with Crippen molar-refractivity contribution in [2.75, 3.05) is 11.8 Å². The lowest BCUT2D eigenvalue weighted by Crippen LogP contribution is -2.29. The largest absolute Gasteiger partial charge is 0.464 e. The molecule has 15 heteroatoms. The van der Waals surface area contributed by atoms with Gasteiger partial charge in [0.15, 0.2) is 0 Å². The topological polar surface area (TPSA) is 117 Å². The summed E-state index contributed by atoms with van der Waals surface area (Å²) in [5, 5.41) is 2.94. The number of carbonyl (C=O) groups is 2. The summed E-state index contributed by atoms with van der Waals surface area (Å²) in [6, 6.07) is 6.95. The van der Waals surface area contributed by atoms with E-state index in [1.54, 1.807) is 22.6 Å². The predicted octanol–water partition coefficient (Wildman–Crippen LogP) is 5.71. The molecule has 2 aromatic carbocycles. The third-order valence-electron chi connectivity index (χ3n) is 5.05. The number of halogens is 4. The first-order chi connectivity index (χ1) is 18.0. The van der Waals surface area contributed by atoms with Gasteiger partial charge >= 0.3 is 5.97 Å². The summed E-state index contributed by atoms with van der Waals surface area (Å²) in [4.78, 5) is 25.7. The van der Waals surface area contributed by atoms with E-state index in [1.165, 1.54) is 54.8 Å². The first-order valence-electron chi connectivity index (χ1n) is 10.4. The molecule has 0 saturated heterocycles. The Bertz CT molecular complexity index is 1570. The third-order valence-corrected chi connectivity index (χ3v) is 8.67. The molecule has 198 valence electrons. The first-order valence-corrected chi connectivity index (χ1v) is 14.2. The average Bonchev–Trinajstić information content (AvgIpc) is 3.36. The number of anilines is 1. The number of methoxy groups -OCH3 is 1. The number of hydrogen-bond donors (Lipinski definition) is 3. The predicted molar refractivity (Wildman–Crippen MR) is 151 cm³/mol. The molecule has 38 heavy (non-hydrogen) atoms. The maximum atomic E-state index is 13.3. The Balaban J connectivity index is 1.69. The lowest BCUT2D eigenvalue weighted by atomic mass is 10.1. The first kappa shape index (κ1) is 28.2. The van der Waals surface area contributed by atoms with Crippen LogP contribution in [0.5, 0.6) is 0 Å². The van der Waals surface area contributed by atoms with Crippen molar-refractivity contribution in [1.29, 1.82) is 0 Å². The van der Waals surface area contributed by atoms with Crippen LogP contribution >= 0.6 is 58.5 Å². The van der Waals surface area contributed by atoms with Gasteiger partial charge in [0.2, 0.25) is 0 Å². The Hall–Kier alpha value is -2.80. The number of sulfonamides is 1. The van der Waals surface area contributed by atoms with E-state index in [-0.39, 0.29) is 36.9 Å². The Morgan fingerprint density at radius 3 is 2.47 bits per heavy atom. The van der Waals surface area contributed by atoms with Gasteiger partial charge in [-0.2, -0.15) is 0 Å². The molecular weight excluding hydrogens is 618 g/mol. The van der Waals surface area contributed by atoms with Crippen molar-refractivity contribution < 1.29 is 22.7 Å². The molecule has 0 spiro atoms. The molecule has 0 radical (unpaired) electrons. The lowest BCUT2D eigenvalue weighted by Gasteiger charge is -2.21. The van der Waals surface area contributed by atoms with Crippen molar-refractivity contribution in [3.05, 3.63) is 102 Å². The standard InChI is InChI=1S/C23H16Cl4N4O5S2/c1-36-23(33)19(8-12-4-5-14(24)15(25)7-12)29-22(32)13-9-16(26)17(27)10-18(13)30-38(34,35)21-3-2-6-31-20(21)11-28-37-31/h2-11,28,30H,1H3,(H,29,32). The summed E-state index contributed by atoms with van der Waals surface area (Å²) >= 11 is 25.5. The van der Waals surface area contributed by atoms with Crippen molar-refractivity contribution in [3.63, 3.8) is 0 Å². The molecule has 2 aliphatic rings. The number of nitrogens with zero attached hydrogens (tertiary/aromatic N) is 1. The van der Waals surface area contributed by atoms with Gasteiger partial charge in [-0.3, -0.25) is 13.8 Å². The van der Waals surface area contributed by atoms with Gasteiger partial charge in [0.1, 0.15) is 10.6 Å². The Morgan fingerprint density at radius 1 is 1.05 bits per heavy atom. The van der Waals surface area contributed by atoms with E-state index >= 15 is 0 Å². The van der Waals surface area contributed by atoms with Crippen molar-refractivity contribution in [2.45, 2.75) is 0 Å². The maximum Gasteiger partial charge on any atom is 0.354 e. The summed E-state index contributed by atoms with van der Waals surface area (Å²) in [5.41, 5.74) is 0.188. The van der Waals surface area contributed by atoms with E-state index in [1.807, 2.05) is 0 Å². The highest BCUT2D eigenvalue weighted by Crippen LogP contribution is 2.36. The van der Waals surface area contributed by atoms with Crippen LogP contribution in [-0.2, 0) is 19.6 Å². The molecule has 3 N–H and O–H groups in total. The summed E-state index contributed by atoms with van der Waals surface area (Å²) in [6.07, 6.45) is 7.49. The Morgan fingerprint density at radius 2 is 1.76 bits per heavy atom. The minimum atomic E-state index is -4.20. The second-order valence-electron chi connectivity index (χ2n) is 7.53. The number of carbonyl (C=O) groups excluding carboxylic acids is 2. The summed E-state index contributed by atoms with van der Waals surface area (Å²) in [6.45, 7) is 0. The minimum absolute atomic E-state index is 0.00286.